The Labute approximate surface area is 127 Å². The fourth-order valence-corrected chi connectivity index (χ4v) is 3.14. The van der Waals surface area contributed by atoms with Gasteiger partial charge in [0.25, 0.3) is 0 Å². The van der Waals surface area contributed by atoms with Crippen molar-refractivity contribution in [2.75, 3.05) is 11.9 Å². The van der Waals surface area contributed by atoms with Crippen LogP contribution in [0.4, 0.5) is 5.69 Å². The Bertz CT molecular complexity index is 496. The average Bonchev–Trinajstić information content (AvgIpc) is 2.38. The van der Waals surface area contributed by atoms with Crippen molar-refractivity contribution in [3.63, 3.8) is 0 Å². The zero-order valence-electron chi connectivity index (χ0n) is 11.5. The smallest absolute Gasteiger partial charge is 0.306 e. The first-order chi connectivity index (χ1) is 9.39. The summed E-state index contributed by atoms with van der Waals surface area (Å²) in [6.07, 6.45) is 2.17. The lowest BCUT2D eigenvalue weighted by atomic mass is 9.79. The van der Waals surface area contributed by atoms with Crippen molar-refractivity contribution >= 4 is 27.6 Å². The van der Waals surface area contributed by atoms with E-state index in [9.17, 15) is 9.90 Å². The number of rotatable bonds is 4. The topological polar surface area (TPSA) is 69.6 Å². The highest BCUT2D eigenvalue weighted by Gasteiger charge is 2.35. The molecule has 110 valence electrons. The van der Waals surface area contributed by atoms with Crippen LogP contribution in [0.2, 0.25) is 0 Å². The van der Waals surface area contributed by atoms with Crippen LogP contribution < -0.4 is 5.32 Å². The molecule has 5 heteroatoms. The van der Waals surface area contributed by atoms with Gasteiger partial charge in [0.15, 0.2) is 0 Å². The van der Waals surface area contributed by atoms with Crippen molar-refractivity contribution in [2.24, 2.45) is 5.92 Å². The van der Waals surface area contributed by atoms with E-state index < -0.39 is 11.6 Å². The van der Waals surface area contributed by atoms with Crippen LogP contribution in [-0.2, 0) is 4.79 Å². The van der Waals surface area contributed by atoms with E-state index in [1.54, 1.807) is 0 Å². The number of halogens is 1. The minimum Gasteiger partial charge on any atom is -0.481 e. The highest BCUT2D eigenvalue weighted by atomic mass is 79.9. The Morgan fingerprint density at radius 1 is 1.45 bits per heavy atom. The SMILES string of the molecule is Cc1cc(Br)ccc1NCC1(O)CCC(C(=O)O)CC1. The highest BCUT2D eigenvalue weighted by Crippen LogP contribution is 2.33. The van der Waals surface area contributed by atoms with Gasteiger partial charge in [-0.15, -0.1) is 0 Å². The number of benzene rings is 1. The third kappa shape index (κ3) is 3.73. The number of carbonyl (C=O) groups is 1. The molecule has 0 saturated heterocycles. The normalized spacial score (nSPS) is 26.2. The van der Waals surface area contributed by atoms with Gasteiger partial charge in [0.2, 0.25) is 0 Å². The van der Waals surface area contributed by atoms with Crippen molar-refractivity contribution in [3.05, 3.63) is 28.2 Å². The van der Waals surface area contributed by atoms with Gasteiger partial charge in [-0.1, -0.05) is 15.9 Å². The van der Waals surface area contributed by atoms with E-state index in [1.165, 1.54) is 0 Å². The molecule has 20 heavy (non-hydrogen) atoms. The number of anilines is 1. The van der Waals surface area contributed by atoms with Gasteiger partial charge < -0.3 is 15.5 Å². The molecule has 0 spiro atoms. The number of carboxylic acids is 1. The summed E-state index contributed by atoms with van der Waals surface area (Å²) in [5.74, 6) is -1.05. The zero-order valence-corrected chi connectivity index (χ0v) is 13.1. The first-order valence-corrected chi connectivity index (χ1v) is 7.64. The van der Waals surface area contributed by atoms with Crippen LogP contribution in [0, 0.1) is 12.8 Å². The van der Waals surface area contributed by atoms with Crippen LogP contribution in [0.5, 0.6) is 0 Å². The van der Waals surface area contributed by atoms with Crippen molar-refractivity contribution in [1.82, 2.24) is 0 Å². The predicted molar refractivity (Wildman–Crippen MR) is 81.9 cm³/mol. The summed E-state index contributed by atoms with van der Waals surface area (Å²) in [5.41, 5.74) is 1.31. The van der Waals surface area contributed by atoms with E-state index in [0.29, 0.717) is 32.2 Å². The molecule has 1 aromatic rings. The van der Waals surface area contributed by atoms with E-state index in [1.807, 2.05) is 25.1 Å². The second-order valence-corrected chi connectivity index (χ2v) is 6.57. The molecule has 0 unspecified atom stereocenters. The average molecular weight is 342 g/mol. The van der Waals surface area contributed by atoms with Crippen LogP contribution in [0.25, 0.3) is 0 Å². The van der Waals surface area contributed by atoms with Gasteiger partial charge in [0, 0.05) is 16.7 Å². The summed E-state index contributed by atoms with van der Waals surface area (Å²) in [5, 5.41) is 22.8. The molecule has 0 heterocycles. The third-order valence-corrected chi connectivity index (χ3v) is 4.56. The van der Waals surface area contributed by atoms with E-state index in [0.717, 1.165) is 15.7 Å². The fourth-order valence-electron chi connectivity index (χ4n) is 2.66. The Kier molecular flexibility index (Phi) is 4.70. The number of carboxylic acid groups (broad SMARTS) is 1. The van der Waals surface area contributed by atoms with Gasteiger partial charge in [-0.2, -0.15) is 0 Å². The predicted octanol–water partition coefficient (Wildman–Crippen LogP) is 3.18. The van der Waals surface area contributed by atoms with Crippen molar-refractivity contribution in [1.29, 1.82) is 0 Å². The molecule has 0 radical (unpaired) electrons. The van der Waals surface area contributed by atoms with E-state index in [-0.39, 0.29) is 5.92 Å². The van der Waals surface area contributed by atoms with Crippen molar-refractivity contribution < 1.29 is 15.0 Å². The minimum atomic E-state index is -0.800. The monoisotopic (exact) mass is 341 g/mol. The summed E-state index contributed by atoms with van der Waals surface area (Å²) in [7, 11) is 0. The molecule has 0 amide bonds. The number of aliphatic hydroxyl groups is 1. The Morgan fingerprint density at radius 2 is 2.10 bits per heavy atom. The Morgan fingerprint density at radius 3 is 2.65 bits per heavy atom. The quantitative estimate of drug-likeness (QED) is 0.786. The standard InChI is InChI=1S/C15H20BrNO3/c1-10-8-12(16)2-3-13(10)17-9-15(20)6-4-11(5-7-15)14(18)19/h2-3,8,11,17,20H,4-7,9H2,1H3,(H,18,19). The second-order valence-electron chi connectivity index (χ2n) is 5.65. The van der Waals surface area contributed by atoms with Gasteiger partial charge in [-0.3, -0.25) is 4.79 Å². The molecular formula is C15H20BrNO3. The zero-order chi connectivity index (χ0) is 14.8. The largest absolute Gasteiger partial charge is 0.481 e. The number of aliphatic carboxylic acids is 1. The maximum absolute atomic E-state index is 10.9. The third-order valence-electron chi connectivity index (χ3n) is 4.06. The number of nitrogens with one attached hydrogen (secondary N) is 1. The Hall–Kier alpha value is -1.07. The maximum atomic E-state index is 10.9. The van der Waals surface area contributed by atoms with Crippen LogP contribution >= 0.6 is 15.9 Å². The molecule has 0 aromatic heterocycles. The van der Waals surface area contributed by atoms with Crippen LogP contribution in [-0.4, -0.2) is 28.3 Å². The van der Waals surface area contributed by atoms with Gasteiger partial charge in [0.05, 0.1) is 11.5 Å². The molecule has 1 aromatic carbocycles. The van der Waals surface area contributed by atoms with Gasteiger partial charge in [0.1, 0.15) is 0 Å². The fraction of sp³-hybridized carbons (Fsp3) is 0.533. The number of hydrogen-bond acceptors (Lipinski definition) is 3. The van der Waals surface area contributed by atoms with E-state index in [4.69, 9.17) is 5.11 Å². The summed E-state index contributed by atoms with van der Waals surface area (Å²) in [6.45, 7) is 2.47. The van der Waals surface area contributed by atoms with Gasteiger partial charge in [-0.25, -0.2) is 0 Å². The first-order valence-electron chi connectivity index (χ1n) is 6.85. The van der Waals surface area contributed by atoms with E-state index >= 15 is 0 Å². The van der Waals surface area contributed by atoms with Gasteiger partial charge in [-0.05, 0) is 56.4 Å². The number of hydrogen-bond donors (Lipinski definition) is 3. The molecule has 0 bridgehead atoms. The molecule has 1 aliphatic rings. The summed E-state index contributed by atoms with van der Waals surface area (Å²) in [6, 6.07) is 5.96. The maximum Gasteiger partial charge on any atom is 0.306 e. The molecule has 2 rings (SSSR count). The summed E-state index contributed by atoms with van der Waals surface area (Å²) >= 11 is 3.42. The molecule has 4 nitrogen and oxygen atoms in total. The molecule has 1 saturated carbocycles. The molecular weight excluding hydrogens is 322 g/mol. The lowest BCUT2D eigenvalue weighted by molar-refractivity contribution is -0.144. The van der Waals surface area contributed by atoms with Crippen LogP contribution in [0.3, 0.4) is 0 Å². The molecule has 0 atom stereocenters. The molecule has 1 aliphatic carbocycles. The first kappa shape index (κ1) is 15.3. The lowest BCUT2D eigenvalue weighted by Crippen LogP contribution is -2.41. The summed E-state index contributed by atoms with van der Waals surface area (Å²) in [4.78, 5) is 10.9. The van der Waals surface area contributed by atoms with Crippen molar-refractivity contribution in [3.8, 4) is 0 Å². The molecule has 1 fully saturated rings. The Balaban J connectivity index is 1.92. The number of aryl methyl sites for hydroxylation is 1. The highest BCUT2D eigenvalue weighted by molar-refractivity contribution is 9.10. The van der Waals surface area contributed by atoms with E-state index in [2.05, 4.69) is 21.2 Å². The van der Waals surface area contributed by atoms with Gasteiger partial charge >= 0.3 is 5.97 Å². The summed E-state index contributed by atoms with van der Waals surface area (Å²) < 4.78 is 1.03. The molecule has 0 aliphatic heterocycles. The minimum absolute atomic E-state index is 0.301. The van der Waals surface area contributed by atoms with Crippen LogP contribution in [0.1, 0.15) is 31.2 Å². The second kappa shape index (κ2) is 6.14. The van der Waals surface area contributed by atoms with Crippen LogP contribution in [0.15, 0.2) is 22.7 Å². The van der Waals surface area contributed by atoms with Crippen molar-refractivity contribution in [2.45, 2.75) is 38.2 Å². The molecule has 3 N–H and O–H groups in total. The lowest BCUT2D eigenvalue weighted by Gasteiger charge is -2.35.